The second-order valence-electron chi connectivity index (χ2n) is 8.55. The van der Waals surface area contributed by atoms with Gasteiger partial charge >= 0.3 is 0 Å². The summed E-state index contributed by atoms with van der Waals surface area (Å²) in [5.74, 6) is 0. The molecule has 0 fully saturated rings. The van der Waals surface area contributed by atoms with Gasteiger partial charge < -0.3 is 0 Å². The van der Waals surface area contributed by atoms with Crippen molar-refractivity contribution in [3.8, 4) is 59.9 Å². The van der Waals surface area contributed by atoms with Crippen molar-refractivity contribution in [2.24, 2.45) is 0 Å². The Balaban J connectivity index is 1.10. The van der Waals surface area contributed by atoms with Crippen molar-refractivity contribution in [2.75, 3.05) is 0 Å². The third-order valence-electron chi connectivity index (χ3n) is 6.12. The van der Waals surface area contributed by atoms with E-state index in [-0.39, 0.29) is 0 Å². The predicted octanol–water partition coefficient (Wildman–Crippen LogP) is 12.0. The first-order chi connectivity index (χ1) is 18.3. The molecule has 2 aromatic carbocycles. The summed E-state index contributed by atoms with van der Waals surface area (Å²) in [6.45, 7) is 0. The zero-order valence-electron chi connectivity index (χ0n) is 19.6. The van der Waals surface area contributed by atoms with E-state index in [1.54, 1.807) is 0 Å². The molecule has 0 spiro atoms. The van der Waals surface area contributed by atoms with Crippen LogP contribution < -0.4 is 0 Å². The van der Waals surface area contributed by atoms with Crippen LogP contribution in [-0.2, 0) is 0 Å². The Hall–Kier alpha value is -3.06. The highest BCUT2D eigenvalue weighted by atomic mass is 32.1. The van der Waals surface area contributed by atoms with Gasteiger partial charge in [-0.25, -0.2) is 0 Å². The maximum atomic E-state index is 2.28. The van der Waals surface area contributed by atoms with Gasteiger partial charge in [-0.2, -0.15) is 0 Å². The minimum Gasteiger partial charge on any atom is -0.134 e. The fraction of sp³-hybridized carbons (Fsp3) is 0. The molecule has 37 heavy (non-hydrogen) atoms. The minimum atomic E-state index is 1.28. The minimum absolute atomic E-state index is 1.28. The van der Waals surface area contributed by atoms with E-state index < -0.39 is 0 Å². The number of hydrogen-bond donors (Lipinski definition) is 0. The van der Waals surface area contributed by atoms with Crippen LogP contribution in [0.2, 0.25) is 0 Å². The van der Waals surface area contributed by atoms with Crippen LogP contribution in [0.25, 0.3) is 59.9 Å². The lowest BCUT2D eigenvalue weighted by Crippen LogP contribution is -1.67. The predicted molar refractivity (Wildman–Crippen MR) is 168 cm³/mol. The molecule has 7 aromatic rings. The molecular formula is C32H20S5. The molecule has 0 radical (unpaired) electrons. The SMILES string of the molecule is c1ccc(-c2ccc(-c3ccc(-c4ccc(-c5ccc(-c6ccc(-c7ccccc7)s6)s5)s4)s3)s2)cc1. The van der Waals surface area contributed by atoms with E-state index >= 15 is 0 Å². The fourth-order valence-corrected chi connectivity index (χ4v) is 9.67. The Morgan fingerprint density at radius 2 is 0.432 bits per heavy atom. The summed E-state index contributed by atoms with van der Waals surface area (Å²) in [4.78, 5) is 13.3. The molecule has 0 saturated heterocycles. The van der Waals surface area contributed by atoms with Gasteiger partial charge in [-0.1, -0.05) is 60.7 Å². The van der Waals surface area contributed by atoms with E-state index in [0.29, 0.717) is 0 Å². The van der Waals surface area contributed by atoms with Crippen molar-refractivity contribution >= 4 is 56.7 Å². The Morgan fingerprint density at radius 3 is 0.703 bits per heavy atom. The standard InChI is InChI=1S/C32H20S5/c1-3-7-21(8-4-1)23-11-13-25(33-23)27-15-17-29(35-27)31-19-20-32(37-31)30-18-16-28(36-30)26-14-12-24(34-26)22-9-5-2-6-10-22/h1-20H. The Labute approximate surface area is 236 Å². The lowest BCUT2D eigenvalue weighted by molar-refractivity contribution is 1.70. The summed E-state index contributed by atoms with van der Waals surface area (Å²) >= 11 is 9.39. The van der Waals surface area contributed by atoms with Crippen molar-refractivity contribution in [1.29, 1.82) is 0 Å². The van der Waals surface area contributed by atoms with Gasteiger partial charge in [0.15, 0.2) is 0 Å². The van der Waals surface area contributed by atoms with Crippen molar-refractivity contribution < 1.29 is 0 Å². The topological polar surface area (TPSA) is 0 Å². The quantitative estimate of drug-likeness (QED) is 0.188. The third-order valence-corrected chi connectivity index (χ3v) is 12.4. The maximum Gasteiger partial charge on any atom is 0.0449 e. The molecule has 5 aromatic heterocycles. The van der Waals surface area contributed by atoms with Crippen LogP contribution in [0.1, 0.15) is 0 Å². The van der Waals surface area contributed by atoms with Gasteiger partial charge in [-0.3, -0.25) is 0 Å². The molecule has 0 bridgehead atoms. The van der Waals surface area contributed by atoms with Gasteiger partial charge in [0.1, 0.15) is 0 Å². The molecule has 178 valence electrons. The highest BCUT2D eigenvalue weighted by Gasteiger charge is 2.13. The first-order valence-electron chi connectivity index (χ1n) is 11.9. The zero-order valence-corrected chi connectivity index (χ0v) is 23.7. The average molecular weight is 565 g/mol. The Morgan fingerprint density at radius 1 is 0.216 bits per heavy atom. The average Bonchev–Trinajstić information content (AvgIpc) is 3.78. The Kier molecular flexibility index (Phi) is 6.25. The second kappa shape index (κ2) is 10.0. The molecule has 5 heterocycles. The van der Waals surface area contributed by atoms with Crippen LogP contribution >= 0.6 is 56.7 Å². The molecule has 0 amide bonds. The van der Waals surface area contributed by atoms with Crippen molar-refractivity contribution in [1.82, 2.24) is 0 Å². The second-order valence-corrected chi connectivity index (χ2v) is 14.0. The van der Waals surface area contributed by atoms with Gasteiger partial charge in [0.2, 0.25) is 0 Å². The molecule has 0 atom stereocenters. The van der Waals surface area contributed by atoms with E-state index in [0.717, 1.165) is 0 Å². The molecule has 0 aliphatic heterocycles. The smallest absolute Gasteiger partial charge is 0.0449 e. The highest BCUT2D eigenvalue weighted by molar-refractivity contribution is 7.30. The molecule has 0 N–H and O–H groups in total. The van der Waals surface area contributed by atoms with E-state index in [4.69, 9.17) is 0 Å². The fourth-order valence-electron chi connectivity index (χ4n) is 4.26. The number of hydrogen-bond acceptors (Lipinski definition) is 5. The molecule has 7 rings (SSSR count). The molecular weight excluding hydrogens is 545 g/mol. The lowest BCUT2D eigenvalue weighted by atomic mass is 10.2. The van der Waals surface area contributed by atoms with Gasteiger partial charge in [0, 0.05) is 48.8 Å². The van der Waals surface area contributed by atoms with E-state index in [1.807, 2.05) is 56.7 Å². The number of rotatable bonds is 6. The zero-order chi connectivity index (χ0) is 24.6. The van der Waals surface area contributed by atoms with Gasteiger partial charge in [0.05, 0.1) is 0 Å². The summed E-state index contributed by atoms with van der Waals surface area (Å²) in [5.41, 5.74) is 2.57. The summed E-state index contributed by atoms with van der Waals surface area (Å²) in [6, 6.07) is 43.9. The molecule has 0 aliphatic carbocycles. The van der Waals surface area contributed by atoms with Crippen LogP contribution in [0.15, 0.2) is 121 Å². The molecule has 5 heteroatoms. The molecule has 0 nitrogen and oxygen atoms in total. The molecule has 0 saturated carbocycles. The van der Waals surface area contributed by atoms with Crippen molar-refractivity contribution in [2.45, 2.75) is 0 Å². The van der Waals surface area contributed by atoms with Gasteiger partial charge in [-0.05, 0) is 71.8 Å². The first-order valence-corrected chi connectivity index (χ1v) is 16.0. The molecule has 0 unspecified atom stereocenters. The van der Waals surface area contributed by atoms with Crippen LogP contribution in [0.5, 0.6) is 0 Å². The van der Waals surface area contributed by atoms with E-state index in [1.165, 1.54) is 59.9 Å². The normalized spacial score (nSPS) is 11.2. The van der Waals surface area contributed by atoms with E-state index in [2.05, 4.69) is 121 Å². The maximum absolute atomic E-state index is 2.28. The number of benzene rings is 2. The van der Waals surface area contributed by atoms with Crippen molar-refractivity contribution in [3.05, 3.63) is 121 Å². The van der Waals surface area contributed by atoms with Gasteiger partial charge in [-0.15, -0.1) is 56.7 Å². The first kappa shape index (κ1) is 23.1. The van der Waals surface area contributed by atoms with Crippen LogP contribution in [0, 0.1) is 0 Å². The van der Waals surface area contributed by atoms with Crippen LogP contribution in [0.3, 0.4) is 0 Å². The summed E-state index contributed by atoms with van der Waals surface area (Å²) in [7, 11) is 0. The monoisotopic (exact) mass is 564 g/mol. The van der Waals surface area contributed by atoms with Crippen molar-refractivity contribution in [3.63, 3.8) is 0 Å². The Bertz CT molecular complexity index is 1640. The number of thiophene rings is 5. The molecule has 0 aliphatic rings. The summed E-state index contributed by atoms with van der Waals surface area (Å²) < 4.78 is 0. The lowest BCUT2D eigenvalue weighted by Gasteiger charge is -1.95. The third kappa shape index (κ3) is 4.70. The summed E-state index contributed by atoms with van der Waals surface area (Å²) in [5, 5.41) is 0. The highest BCUT2D eigenvalue weighted by Crippen LogP contribution is 2.45. The summed E-state index contributed by atoms with van der Waals surface area (Å²) in [6.07, 6.45) is 0. The van der Waals surface area contributed by atoms with Crippen LogP contribution in [0.4, 0.5) is 0 Å². The largest absolute Gasteiger partial charge is 0.134 e. The van der Waals surface area contributed by atoms with Crippen LogP contribution in [-0.4, -0.2) is 0 Å². The van der Waals surface area contributed by atoms with E-state index in [9.17, 15) is 0 Å². The van der Waals surface area contributed by atoms with Gasteiger partial charge in [0.25, 0.3) is 0 Å².